The Kier molecular flexibility index (Phi) is 7.57. The number of carbonyl (C=O) groups is 1. The van der Waals surface area contributed by atoms with Crippen LogP contribution in [0.5, 0.6) is 17.2 Å². The summed E-state index contributed by atoms with van der Waals surface area (Å²) in [7, 11) is 7.20. The van der Waals surface area contributed by atoms with Gasteiger partial charge in [-0.2, -0.15) is 0 Å². The van der Waals surface area contributed by atoms with Gasteiger partial charge in [0.25, 0.3) is 0 Å². The number of methoxy groups -OCH3 is 3. The molecule has 1 atom stereocenters. The van der Waals surface area contributed by atoms with Crippen molar-refractivity contribution in [1.82, 2.24) is 0 Å². The molecule has 0 aliphatic rings. The molecule has 0 aliphatic carbocycles. The van der Waals surface area contributed by atoms with Crippen molar-refractivity contribution in [2.24, 2.45) is 0 Å². The summed E-state index contributed by atoms with van der Waals surface area (Å²) in [4.78, 5) is 13.3. The molecule has 0 bridgehead atoms. The van der Waals surface area contributed by atoms with Crippen LogP contribution in [0.1, 0.15) is 32.6 Å². The molecular formula is C19H24LiO4P. The van der Waals surface area contributed by atoms with Gasteiger partial charge in [0, 0.05) is 11.6 Å². The van der Waals surface area contributed by atoms with Crippen LogP contribution in [0.2, 0.25) is 0 Å². The SMILES string of the molecule is COc1cc(OC)c(C(=O)c2c(C)cc(C)cc2C)c(OC)c1P.[LiH]. The third kappa shape index (κ3) is 4.03. The van der Waals surface area contributed by atoms with Crippen LogP contribution in [-0.4, -0.2) is 46.0 Å². The van der Waals surface area contributed by atoms with Crippen molar-refractivity contribution in [3.8, 4) is 17.2 Å². The topological polar surface area (TPSA) is 44.8 Å². The number of aryl methyl sites for hydroxylation is 3. The van der Waals surface area contributed by atoms with Gasteiger partial charge in [-0.05, 0) is 31.9 Å². The zero-order valence-electron chi connectivity index (χ0n) is 14.9. The van der Waals surface area contributed by atoms with E-state index in [-0.39, 0.29) is 24.6 Å². The van der Waals surface area contributed by atoms with E-state index >= 15 is 0 Å². The van der Waals surface area contributed by atoms with Gasteiger partial charge in [-0.3, -0.25) is 4.79 Å². The van der Waals surface area contributed by atoms with Crippen molar-refractivity contribution < 1.29 is 19.0 Å². The first-order valence-electron chi connectivity index (χ1n) is 7.56. The number of ether oxygens (including phenoxy) is 3. The summed E-state index contributed by atoms with van der Waals surface area (Å²) >= 11 is 0. The minimum atomic E-state index is -0.120. The second kappa shape index (κ2) is 8.76. The molecule has 6 heteroatoms. The van der Waals surface area contributed by atoms with Gasteiger partial charge < -0.3 is 14.2 Å². The number of carbonyl (C=O) groups excluding carboxylic acids is 1. The molecule has 0 aliphatic heterocycles. The van der Waals surface area contributed by atoms with Crippen molar-refractivity contribution in [2.45, 2.75) is 20.8 Å². The minimum absolute atomic E-state index is 0. The van der Waals surface area contributed by atoms with Crippen LogP contribution in [-0.2, 0) is 0 Å². The van der Waals surface area contributed by atoms with Crippen LogP contribution in [0, 0.1) is 20.8 Å². The molecule has 0 aromatic heterocycles. The summed E-state index contributed by atoms with van der Waals surface area (Å²) in [5.74, 6) is 1.34. The summed E-state index contributed by atoms with van der Waals surface area (Å²) in [5, 5.41) is 0.687. The fourth-order valence-electron chi connectivity index (χ4n) is 3.05. The Balaban J connectivity index is 0.00000312. The van der Waals surface area contributed by atoms with E-state index in [0.29, 0.717) is 33.7 Å². The van der Waals surface area contributed by atoms with E-state index in [1.54, 1.807) is 13.2 Å². The van der Waals surface area contributed by atoms with Gasteiger partial charge in [0.05, 0.1) is 26.6 Å². The van der Waals surface area contributed by atoms with Crippen LogP contribution in [0.3, 0.4) is 0 Å². The Morgan fingerprint density at radius 1 is 0.840 bits per heavy atom. The van der Waals surface area contributed by atoms with Crippen LogP contribution in [0.25, 0.3) is 0 Å². The van der Waals surface area contributed by atoms with Crippen LogP contribution in [0.4, 0.5) is 0 Å². The first-order valence-corrected chi connectivity index (χ1v) is 8.14. The second-order valence-corrected chi connectivity index (χ2v) is 6.28. The number of hydrogen-bond donors (Lipinski definition) is 0. The van der Waals surface area contributed by atoms with Crippen molar-refractivity contribution in [3.63, 3.8) is 0 Å². The summed E-state index contributed by atoms with van der Waals surface area (Å²) < 4.78 is 16.3. The van der Waals surface area contributed by atoms with Crippen LogP contribution >= 0.6 is 9.24 Å². The molecule has 0 N–H and O–H groups in total. The summed E-state index contributed by atoms with van der Waals surface area (Å²) in [5.41, 5.74) is 4.07. The van der Waals surface area contributed by atoms with Gasteiger partial charge in [0.2, 0.25) is 5.78 Å². The van der Waals surface area contributed by atoms with Crippen LogP contribution < -0.4 is 19.5 Å². The van der Waals surface area contributed by atoms with Crippen molar-refractivity contribution in [3.05, 3.63) is 46.0 Å². The van der Waals surface area contributed by atoms with Crippen molar-refractivity contribution in [1.29, 1.82) is 0 Å². The van der Waals surface area contributed by atoms with E-state index in [1.807, 2.05) is 32.9 Å². The Bertz CT molecular complexity index is 779. The molecule has 2 aromatic carbocycles. The number of hydrogen-bond acceptors (Lipinski definition) is 4. The molecule has 0 saturated carbocycles. The average Bonchev–Trinajstić information content (AvgIpc) is 2.53. The zero-order chi connectivity index (χ0) is 18.0. The summed E-state index contributed by atoms with van der Waals surface area (Å²) in [6.07, 6.45) is 0. The molecule has 0 heterocycles. The molecule has 0 radical (unpaired) electrons. The Morgan fingerprint density at radius 3 is 1.80 bits per heavy atom. The Hall–Kier alpha value is -1.46. The van der Waals surface area contributed by atoms with Crippen molar-refractivity contribution in [2.75, 3.05) is 21.3 Å². The second-order valence-electron chi connectivity index (χ2n) is 5.71. The maximum absolute atomic E-state index is 13.3. The van der Waals surface area contributed by atoms with E-state index in [4.69, 9.17) is 14.2 Å². The monoisotopic (exact) mass is 354 g/mol. The average molecular weight is 354 g/mol. The van der Waals surface area contributed by atoms with Gasteiger partial charge in [-0.1, -0.05) is 26.9 Å². The van der Waals surface area contributed by atoms with Gasteiger partial charge in [0.1, 0.15) is 22.8 Å². The van der Waals surface area contributed by atoms with E-state index in [1.165, 1.54) is 14.2 Å². The molecule has 4 nitrogen and oxygen atoms in total. The Morgan fingerprint density at radius 2 is 1.36 bits per heavy atom. The molecular weight excluding hydrogens is 330 g/mol. The Labute approximate surface area is 163 Å². The summed E-state index contributed by atoms with van der Waals surface area (Å²) in [6, 6.07) is 5.71. The first kappa shape index (κ1) is 21.6. The third-order valence-electron chi connectivity index (χ3n) is 4.02. The van der Waals surface area contributed by atoms with E-state index in [0.717, 1.165) is 16.7 Å². The standard InChI is InChI=1S/C19H23O4P.Li.H/c1-10-7-11(2)15(12(3)8-10)17(20)16-13(21-4)9-14(22-5)19(24)18(16)23-6;;/h7-9H,24H2,1-6H3;;. The first-order chi connectivity index (χ1) is 11.3. The van der Waals surface area contributed by atoms with E-state index in [9.17, 15) is 4.79 Å². The van der Waals surface area contributed by atoms with Crippen molar-refractivity contribution >= 4 is 39.2 Å². The third-order valence-corrected chi connectivity index (χ3v) is 4.57. The van der Waals surface area contributed by atoms with Gasteiger partial charge >= 0.3 is 18.9 Å². The number of ketones is 1. The van der Waals surface area contributed by atoms with Gasteiger partial charge in [0.15, 0.2) is 0 Å². The van der Waals surface area contributed by atoms with Gasteiger partial charge in [-0.25, -0.2) is 0 Å². The molecule has 0 saturated heterocycles. The zero-order valence-corrected chi connectivity index (χ0v) is 16.1. The van der Waals surface area contributed by atoms with Crippen LogP contribution in [0.15, 0.2) is 18.2 Å². The van der Waals surface area contributed by atoms with Gasteiger partial charge in [-0.15, -0.1) is 0 Å². The molecule has 130 valence electrons. The fourth-order valence-corrected chi connectivity index (χ4v) is 3.51. The maximum atomic E-state index is 13.3. The molecule has 0 fully saturated rings. The predicted molar refractivity (Wildman–Crippen MR) is 107 cm³/mol. The number of benzene rings is 2. The van der Waals surface area contributed by atoms with E-state index < -0.39 is 0 Å². The normalized spacial score (nSPS) is 10.0. The molecule has 2 rings (SSSR count). The predicted octanol–water partition coefficient (Wildman–Crippen LogP) is 2.72. The molecule has 2 aromatic rings. The fraction of sp³-hybridized carbons (Fsp3) is 0.316. The molecule has 25 heavy (non-hydrogen) atoms. The molecule has 0 amide bonds. The summed E-state index contributed by atoms with van der Waals surface area (Å²) in [6.45, 7) is 5.90. The number of rotatable bonds is 5. The quantitative estimate of drug-likeness (QED) is 0.471. The van der Waals surface area contributed by atoms with E-state index in [2.05, 4.69) is 9.24 Å². The molecule has 1 unspecified atom stereocenters. The molecule has 0 spiro atoms.